The molecule has 0 saturated heterocycles. The van der Waals surface area contributed by atoms with Gasteiger partial charge in [0, 0.05) is 5.56 Å². The van der Waals surface area contributed by atoms with E-state index in [9.17, 15) is 9.59 Å². The monoisotopic (exact) mass is 192 g/mol. The van der Waals surface area contributed by atoms with Gasteiger partial charge in [0.25, 0.3) is 0 Å². The van der Waals surface area contributed by atoms with E-state index >= 15 is 0 Å². The number of carbonyl (C=O) groups is 2. The summed E-state index contributed by atoms with van der Waals surface area (Å²) in [6, 6.07) is 3.25. The minimum Gasteiger partial charge on any atom is -0.493 e. The minimum atomic E-state index is 0.468. The van der Waals surface area contributed by atoms with Gasteiger partial charge in [0.15, 0.2) is 6.29 Å². The molecule has 0 N–H and O–H groups in total. The molecule has 1 aromatic rings. The topological polar surface area (TPSA) is 43.4 Å². The van der Waals surface area contributed by atoms with Crippen LogP contribution in [0.3, 0.4) is 0 Å². The largest absolute Gasteiger partial charge is 0.493 e. The lowest BCUT2D eigenvalue weighted by atomic mass is 10.1. The van der Waals surface area contributed by atoms with Gasteiger partial charge in [0.1, 0.15) is 12.0 Å². The molecule has 0 aliphatic carbocycles. The first-order chi connectivity index (χ1) is 6.72. The van der Waals surface area contributed by atoms with Crippen molar-refractivity contribution in [3.8, 4) is 5.75 Å². The van der Waals surface area contributed by atoms with Gasteiger partial charge in [0.2, 0.25) is 0 Å². The van der Waals surface area contributed by atoms with Crippen LogP contribution in [0.5, 0.6) is 5.75 Å². The van der Waals surface area contributed by atoms with Gasteiger partial charge in [0.05, 0.1) is 12.2 Å². The smallest absolute Gasteiger partial charge is 0.153 e. The van der Waals surface area contributed by atoms with Gasteiger partial charge in [-0.2, -0.15) is 0 Å². The van der Waals surface area contributed by atoms with Crippen LogP contribution in [0.2, 0.25) is 0 Å². The Morgan fingerprint density at radius 1 is 1.21 bits per heavy atom. The van der Waals surface area contributed by atoms with Crippen LogP contribution in [0.1, 0.15) is 33.2 Å². The number of benzene rings is 1. The highest BCUT2D eigenvalue weighted by Crippen LogP contribution is 2.21. The van der Waals surface area contributed by atoms with Gasteiger partial charge in [-0.1, -0.05) is 0 Å². The van der Waals surface area contributed by atoms with Gasteiger partial charge in [-0.25, -0.2) is 0 Å². The number of aldehydes is 2. The first-order valence-corrected chi connectivity index (χ1v) is 4.40. The normalized spacial score (nSPS) is 9.57. The summed E-state index contributed by atoms with van der Waals surface area (Å²) in [4.78, 5) is 21.3. The second kappa shape index (κ2) is 4.56. The summed E-state index contributed by atoms with van der Waals surface area (Å²) in [5, 5.41) is 0. The number of hydrogen-bond donors (Lipinski definition) is 0. The lowest BCUT2D eigenvalue weighted by Crippen LogP contribution is -1.99. The molecule has 0 aliphatic heterocycles. The molecule has 3 heteroatoms. The molecule has 0 unspecified atom stereocenters. The van der Waals surface area contributed by atoms with Crippen LogP contribution in [0.15, 0.2) is 12.1 Å². The molecule has 0 aliphatic rings. The third kappa shape index (κ3) is 1.99. The zero-order chi connectivity index (χ0) is 10.6. The van der Waals surface area contributed by atoms with E-state index in [1.54, 1.807) is 19.1 Å². The van der Waals surface area contributed by atoms with Crippen molar-refractivity contribution in [2.75, 3.05) is 6.61 Å². The van der Waals surface area contributed by atoms with Crippen LogP contribution < -0.4 is 4.74 Å². The fraction of sp³-hybridized carbons (Fsp3) is 0.273. The summed E-state index contributed by atoms with van der Waals surface area (Å²) in [5.74, 6) is 0.468. The molecule has 0 radical (unpaired) electrons. The Balaban J connectivity index is 3.24. The Kier molecular flexibility index (Phi) is 3.40. The van der Waals surface area contributed by atoms with E-state index in [0.29, 0.717) is 23.5 Å². The number of ether oxygens (including phenoxy) is 1. The molecule has 0 atom stereocenters. The van der Waals surface area contributed by atoms with Crippen LogP contribution in [0.4, 0.5) is 0 Å². The third-order valence-corrected chi connectivity index (χ3v) is 1.95. The van der Waals surface area contributed by atoms with Crippen LogP contribution in [0.25, 0.3) is 0 Å². The number of hydrogen-bond acceptors (Lipinski definition) is 3. The lowest BCUT2D eigenvalue weighted by molar-refractivity contribution is 0.110. The van der Waals surface area contributed by atoms with Crippen molar-refractivity contribution in [3.63, 3.8) is 0 Å². The molecular formula is C11H12O3. The molecule has 0 spiro atoms. The van der Waals surface area contributed by atoms with E-state index < -0.39 is 0 Å². The van der Waals surface area contributed by atoms with Gasteiger partial charge in [-0.05, 0) is 31.5 Å². The maximum absolute atomic E-state index is 10.7. The van der Waals surface area contributed by atoms with Crippen molar-refractivity contribution < 1.29 is 14.3 Å². The molecule has 0 heterocycles. The molecule has 1 rings (SSSR count). The molecule has 0 amide bonds. The van der Waals surface area contributed by atoms with Crippen molar-refractivity contribution in [1.29, 1.82) is 0 Å². The minimum absolute atomic E-state index is 0.468. The van der Waals surface area contributed by atoms with Crippen molar-refractivity contribution in [2.24, 2.45) is 0 Å². The van der Waals surface area contributed by atoms with E-state index in [1.807, 2.05) is 6.92 Å². The van der Waals surface area contributed by atoms with Crippen molar-refractivity contribution in [3.05, 3.63) is 28.8 Å². The first kappa shape index (κ1) is 10.4. The van der Waals surface area contributed by atoms with Gasteiger partial charge < -0.3 is 4.74 Å². The SMILES string of the molecule is CCOc1cc(C=O)c(C)cc1C=O. The van der Waals surface area contributed by atoms with Crippen molar-refractivity contribution in [1.82, 2.24) is 0 Å². The summed E-state index contributed by atoms with van der Waals surface area (Å²) < 4.78 is 5.24. The van der Waals surface area contributed by atoms with Crippen molar-refractivity contribution in [2.45, 2.75) is 13.8 Å². The molecule has 3 nitrogen and oxygen atoms in total. The van der Waals surface area contributed by atoms with Gasteiger partial charge in [-0.3, -0.25) is 9.59 Å². The molecule has 14 heavy (non-hydrogen) atoms. The molecular weight excluding hydrogens is 180 g/mol. The van der Waals surface area contributed by atoms with E-state index in [4.69, 9.17) is 4.74 Å². The third-order valence-electron chi connectivity index (χ3n) is 1.95. The summed E-state index contributed by atoms with van der Waals surface area (Å²) in [7, 11) is 0. The highest BCUT2D eigenvalue weighted by atomic mass is 16.5. The second-order valence-corrected chi connectivity index (χ2v) is 2.92. The zero-order valence-electron chi connectivity index (χ0n) is 8.24. The number of carbonyl (C=O) groups excluding carboxylic acids is 2. The van der Waals surface area contributed by atoms with Gasteiger partial charge >= 0.3 is 0 Å². The number of rotatable bonds is 4. The fourth-order valence-corrected chi connectivity index (χ4v) is 1.23. The molecule has 0 aromatic heterocycles. The maximum Gasteiger partial charge on any atom is 0.153 e. The molecule has 0 fully saturated rings. The highest BCUT2D eigenvalue weighted by molar-refractivity contribution is 5.85. The van der Waals surface area contributed by atoms with Crippen LogP contribution in [0, 0.1) is 6.92 Å². The van der Waals surface area contributed by atoms with E-state index in [-0.39, 0.29) is 0 Å². The molecule has 1 aromatic carbocycles. The van der Waals surface area contributed by atoms with E-state index in [2.05, 4.69) is 0 Å². The Morgan fingerprint density at radius 2 is 1.86 bits per heavy atom. The average molecular weight is 192 g/mol. The van der Waals surface area contributed by atoms with Crippen LogP contribution in [-0.2, 0) is 0 Å². The lowest BCUT2D eigenvalue weighted by Gasteiger charge is -2.08. The Labute approximate surface area is 82.7 Å². The zero-order valence-corrected chi connectivity index (χ0v) is 8.24. The van der Waals surface area contributed by atoms with Gasteiger partial charge in [-0.15, -0.1) is 0 Å². The Hall–Kier alpha value is -1.64. The predicted molar refractivity (Wildman–Crippen MR) is 53.1 cm³/mol. The van der Waals surface area contributed by atoms with Crippen molar-refractivity contribution >= 4 is 12.6 Å². The quantitative estimate of drug-likeness (QED) is 0.685. The average Bonchev–Trinajstić information content (AvgIpc) is 2.20. The molecule has 0 bridgehead atoms. The summed E-state index contributed by atoms with van der Waals surface area (Å²) in [5.41, 5.74) is 1.82. The van der Waals surface area contributed by atoms with E-state index in [1.165, 1.54) is 0 Å². The molecule has 0 saturated carbocycles. The standard InChI is InChI=1S/C11H12O3/c1-3-14-11-5-9(6-12)8(2)4-10(11)7-13/h4-7H,3H2,1-2H3. The highest BCUT2D eigenvalue weighted by Gasteiger charge is 2.06. The maximum atomic E-state index is 10.7. The van der Waals surface area contributed by atoms with Crippen LogP contribution >= 0.6 is 0 Å². The Morgan fingerprint density at radius 3 is 2.36 bits per heavy atom. The summed E-state index contributed by atoms with van der Waals surface area (Å²) in [6.07, 6.45) is 1.49. The predicted octanol–water partition coefficient (Wildman–Crippen LogP) is 2.02. The summed E-state index contributed by atoms with van der Waals surface area (Å²) >= 11 is 0. The first-order valence-electron chi connectivity index (χ1n) is 4.40. The number of aryl methyl sites for hydroxylation is 1. The molecule has 74 valence electrons. The fourth-order valence-electron chi connectivity index (χ4n) is 1.23. The summed E-state index contributed by atoms with van der Waals surface area (Å²) in [6.45, 7) is 4.09. The Bertz CT molecular complexity index is 356. The van der Waals surface area contributed by atoms with E-state index in [0.717, 1.165) is 18.1 Å². The van der Waals surface area contributed by atoms with Crippen LogP contribution in [-0.4, -0.2) is 19.2 Å². The second-order valence-electron chi connectivity index (χ2n) is 2.92.